The van der Waals surface area contributed by atoms with Crippen molar-refractivity contribution in [2.75, 3.05) is 46.2 Å². The van der Waals surface area contributed by atoms with Gasteiger partial charge in [-0.05, 0) is 48.7 Å². The summed E-state index contributed by atoms with van der Waals surface area (Å²) in [4.78, 5) is 14.3. The first kappa shape index (κ1) is 25.5. The van der Waals surface area contributed by atoms with Crippen LogP contribution in [-0.2, 0) is 20.6 Å². The Hall–Kier alpha value is -2.56. The molecule has 2 aromatic rings. The molecule has 0 aliphatic carbocycles. The SMILES string of the molecule is CC(Cc1ccc2c(c1)OC(COCCO)(COCCO)O2)N1C[C@@H](c2cccc(Cl)c2)OC1=O. The number of hydrogen-bond acceptors (Lipinski definition) is 8. The molecule has 2 N–H and O–H groups in total. The highest BCUT2D eigenvalue weighted by Crippen LogP contribution is 2.41. The predicted octanol–water partition coefficient (Wildman–Crippen LogP) is 2.95. The number of rotatable bonds is 12. The van der Waals surface area contributed by atoms with Crippen molar-refractivity contribution in [2.24, 2.45) is 0 Å². The molecule has 1 saturated heterocycles. The number of aliphatic hydroxyl groups excluding tert-OH is 2. The molecule has 10 heteroatoms. The second-order valence-electron chi connectivity index (χ2n) is 8.58. The van der Waals surface area contributed by atoms with Crippen molar-refractivity contribution in [1.82, 2.24) is 4.90 Å². The predicted molar refractivity (Wildman–Crippen MR) is 127 cm³/mol. The van der Waals surface area contributed by atoms with Crippen molar-refractivity contribution in [1.29, 1.82) is 0 Å². The number of fused-ring (bicyclic) bond motifs is 1. The van der Waals surface area contributed by atoms with Crippen LogP contribution in [0.15, 0.2) is 42.5 Å². The van der Waals surface area contributed by atoms with Crippen molar-refractivity contribution in [2.45, 2.75) is 31.3 Å². The lowest BCUT2D eigenvalue weighted by atomic mass is 10.0. The molecule has 190 valence electrons. The fourth-order valence-electron chi connectivity index (χ4n) is 4.18. The van der Waals surface area contributed by atoms with Gasteiger partial charge in [-0.15, -0.1) is 0 Å². The highest BCUT2D eigenvalue weighted by molar-refractivity contribution is 6.30. The number of carbonyl (C=O) groups excluding carboxylic acids is 1. The third-order valence-corrected chi connectivity index (χ3v) is 6.07. The van der Waals surface area contributed by atoms with Crippen LogP contribution in [0.5, 0.6) is 11.5 Å². The maximum absolute atomic E-state index is 12.6. The summed E-state index contributed by atoms with van der Waals surface area (Å²) in [5.41, 5.74) is 1.83. The maximum Gasteiger partial charge on any atom is 0.410 e. The lowest BCUT2D eigenvalue weighted by Gasteiger charge is -2.27. The van der Waals surface area contributed by atoms with Gasteiger partial charge < -0.3 is 38.8 Å². The van der Waals surface area contributed by atoms with E-state index in [1.54, 1.807) is 11.0 Å². The summed E-state index contributed by atoms with van der Waals surface area (Å²) in [7, 11) is 0. The molecule has 1 unspecified atom stereocenters. The number of carbonyl (C=O) groups is 1. The summed E-state index contributed by atoms with van der Waals surface area (Å²) in [5, 5.41) is 18.6. The molecule has 2 aliphatic rings. The molecule has 2 aliphatic heterocycles. The Bertz CT molecular complexity index is 1010. The van der Waals surface area contributed by atoms with Crippen LogP contribution in [0, 0.1) is 0 Å². The van der Waals surface area contributed by atoms with Crippen LogP contribution in [-0.4, -0.2) is 79.2 Å². The molecule has 0 bridgehead atoms. The van der Waals surface area contributed by atoms with Gasteiger partial charge in [0.05, 0.1) is 33.0 Å². The minimum Gasteiger partial charge on any atom is -0.444 e. The van der Waals surface area contributed by atoms with Gasteiger partial charge in [0.1, 0.15) is 19.3 Å². The second-order valence-corrected chi connectivity index (χ2v) is 9.02. The van der Waals surface area contributed by atoms with E-state index in [0.717, 1.165) is 11.1 Å². The second kappa shape index (κ2) is 11.5. The lowest BCUT2D eigenvalue weighted by molar-refractivity contribution is -0.172. The van der Waals surface area contributed by atoms with Gasteiger partial charge in [-0.3, -0.25) is 0 Å². The standard InChI is InChI=1S/C25H30ClNO8/c1-17(27-14-23(33-24(27)30)19-3-2-4-20(26)13-19)11-18-5-6-21-22(12-18)35-25(34-21,15-31-9-7-28)16-32-10-8-29/h2-6,12-13,17,23,28-29H,7-11,14-16H2,1H3/t17?,23-/m0/s1. The first-order valence-corrected chi connectivity index (χ1v) is 11.9. The zero-order chi connectivity index (χ0) is 24.8. The van der Waals surface area contributed by atoms with Crippen molar-refractivity contribution in [3.8, 4) is 11.5 Å². The molecule has 0 saturated carbocycles. The molecule has 0 aromatic heterocycles. The van der Waals surface area contributed by atoms with E-state index in [1.807, 2.05) is 43.3 Å². The van der Waals surface area contributed by atoms with Crippen LogP contribution in [0.1, 0.15) is 24.2 Å². The summed E-state index contributed by atoms with van der Waals surface area (Å²) in [6.45, 7) is 2.53. The third-order valence-electron chi connectivity index (χ3n) is 5.84. The number of amides is 1. The van der Waals surface area contributed by atoms with Gasteiger partial charge in [-0.1, -0.05) is 29.8 Å². The average molecular weight is 508 g/mol. The summed E-state index contributed by atoms with van der Waals surface area (Å²) >= 11 is 6.09. The van der Waals surface area contributed by atoms with Gasteiger partial charge >= 0.3 is 6.09 Å². The molecule has 1 fully saturated rings. The topological polar surface area (TPSA) is 107 Å². The molecule has 0 radical (unpaired) electrons. The van der Waals surface area contributed by atoms with Crippen LogP contribution in [0.25, 0.3) is 0 Å². The maximum atomic E-state index is 12.6. The van der Waals surface area contributed by atoms with Crippen LogP contribution in [0.3, 0.4) is 0 Å². The molecular weight excluding hydrogens is 478 g/mol. The summed E-state index contributed by atoms with van der Waals surface area (Å²) in [5.74, 6) is -0.126. The van der Waals surface area contributed by atoms with Gasteiger partial charge in [-0.25, -0.2) is 4.79 Å². The smallest absolute Gasteiger partial charge is 0.410 e. The van der Waals surface area contributed by atoms with Crippen molar-refractivity contribution < 1.29 is 38.7 Å². The first-order valence-electron chi connectivity index (χ1n) is 11.5. The number of aliphatic hydroxyl groups is 2. The number of benzene rings is 2. The normalized spacial score (nSPS) is 19.1. The van der Waals surface area contributed by atoms with E-state index >= 15 is 0 Å². The van der Waals surface area contributed by atoms with E-state index in [4.69, 9.17) is 45.5 Å². The Labute approximate surface area is 209 Å². The van der Waals surface area contributed by atoms with Gasteiger partial charge in [0.2, 0.25) is 0 Å². The third kappa shape index (κ3) is 6.17. The molecule has 35 heavy (non-hydrogen) atoms. The fraction of sp³-hybridized carbons (Fsp3) is 0.480. The minimum atomic E-state index is -1.21. The van der Waals surface area contributed by atoms with E-state index in [2.05, 4.69) is 0 Å². The number of cyclic esters (lactones) is 1. The zero-order valence-corrected chi connectivity index (χ0v) is 20.3. The summed E-state index contributed by atoms with van der Waals surface area (Å²) < 4.78 is 28.6. The molecule has 2 atom stereocenters. The Kier molecular flexibility index (Phi) is 8.35. The quantitative estimate of drug-likeness (QED) is 0.422. The molecule has 2 aromatic carbocycles. The van der Waals surface area contributed by atoms with E-state index in [-0.39, 0.29) is 57.9 Å². The van der Waals surface area contributed by atoms with Crippen molar-refractivity contribution in [3.05, 3.63) is 58.6 Å². The highest BCUT2D eigenvalue weighted by Gasteiger charge is 2.43. The lowest BCUT2D eigenvalue weighted by Crippen LogP contribution is -2.48. The molecule has 4 rings (SSSR count). The molecule has 9 nitrogen and oxygen atoms in total. The van der Waals surface area contributed by atoms with Gasteiger partial charge in [0, 0.05) is 11.1 Å². The van der Waals surface area contributed by atoms with Crippen LogP contribution < -0.4 is 9.47 Å². The average Bonchev–Trinajstić information content (AvgIpc) is 3.40. The van der Waals surface area contributed by atoms with Crippen LogP contribution >= 0.6 is 11.6 Å². The number of hydrogen-bond donors (Lipinski definition) is 2. The molecular formula is C25H30ClNO8. The highest BCUT2D eigenvalue weighted by atomic mass is 35.5. The molecule has 1 amide bonds. The largest absolute Gasteiger partial charge is 0.444 e. The van der Waals surface area contributed by atoms with E-state index in [1.165, 1.54) is 0 Å². The number of ether oxygens (including phenoxy) is 5. The van der Waals surface area contributed by atoms with Crippen LogP contribution in [0.2, 0.25) is 5.02 Å². The van der Waals surface area contributed by atoms with Crippen molar-refractivity contribution in [3.63, 3.8) is 0 Å². The first-order chi connectivity index (χ1) is 16.9. The Balaban J connectivity index is 1.40. The monoisotopic (exact) mass is 507 g/mol. The van der Waals surface area contributed by atoms with Gasteiger partial charge in [-0.2, -0.15) is 0 Å². The summed E-state index contributed by atoms with van der Waals surface area (Å²) in [6.07, 6.45) is -0.133. The van der Waals surface area contributed by atoms with E-state index in [9.17, 15) is 4.79 Å². The van der Waals surface area contributed by atoms with Gasteiger partial charge in [0.15, 0.2) is 11.5 Å². The fourth-order valence-corrected chi connectivity index (χ4v) is 4.38. The Morgan fingerprint density at radius 3 is 2.49 bits per heavy atom. The van der Waals surface area contributed by atoms with Crippen LogP contribution in [0.4, 0.5) is 4.79 Å². The van der Waals surface area contributed by atoms with E-state index in [0.29, 0.717) is 29.5 Å². The van der Waals surface area contributed by atoms with E-state index < -0.39 is 5.79 Å². The van der Waals surface area contributed by atoms with Gasteiger partial charge in [0.25, 0.3) is 5.79 Å². The molecule has 2 heterocycles. The minimum absolute atomic E-state index is 0.0455. The Morgan fingerprint density at radius 2 is 1.80 bits per heavy atom. The Morgan fingerprint density at radius 1 is 1.09 bits per heavy atom. The number of nitrogens with zero attached hydrogens (tertiary/aromatic N) is 1. The zero-order valence-electron chi connectivity index (χ0n) is 19.5. The number of halogens is 1. The van der Waals surface area contributed by atoms with Crippen molar-refractivity contribution >= 4 is 17.7 Å². The molecule has 0 spiro atoms. The summed E-state index contributed by atoms with van der Waals surface area (Å²) in [6, 6.07) is 12.8.